The molecule has 0 saturated carbocycles. The summed E-state index contributed by atoms with van der Waals surface area (Å²) >= 11 is 1.46. The van der Waals surface area contributed by atoms with Gasteiger partial charge in [0.25, 0.3) is 0 Å². The van der Waals surface area contributed by atoms with Crippen LogP contribution in [0.5, 0.6) is 0 Å². The Balaban J connectivity index is 0.000000245. The average molecular weight is 595 g/mol. The molecule has 2 aliphatic carbocycles. The van der Waals surface area contributed by atoms with Crippen molar-refractivity contribution in [2.24, 2.45) is 5.41 Å². The molecule has 0 radical (unpaired) electrons. The van der Waals surface area contributed by atoms with Gasteiger partial charge in [0.15, 0.2) is 0 Å². The van der Waals surface area contributed by atoms with Crippen LogP contribution in [0.3, 0.4) is 0 Å². The summed E-state index contributed by atoms with van der Waals surface area (Å²) in [6.45, 7) is 20.3. The first-order chi connectivity index (χ1) is 17.7. The van der Waals surface area contributed by atoms with Crippen LogP contribution in [0.2, 0.25) is 0 Å². The van der Waals surface area contributed by atoms with Gasteiger partial charge in [-0.3, -0.25) is 6.08 Å². The molecule has 5 rings (SSSR count). The van der Waals surface area contributed by atoms with Gasteiger partial charge in [-0.15, -0.1) is 12.0 Å². The zero-order valence-electron chi connectivity index (χ0n) is 25.9. The molecule has 39 heavy (non-hydrogen) atoms. The molecule has 2 aliphatic rings. The second kappa shape index (κ2) is 13.5. The van der Waals surface area contributed by atoms with Crippen LogP contribution in [-0.2, 0) is 41.5 Å². The maximum absolute atomic E-state index is 3.53. The van der Waals surface area contributed by atoms with Crippen LogP contribution in [0.15, 0.2) is 78.4 Å². The van der Waals surface area contributed by atoms with Crippen LogP contribution in [0.25, 0.3) is 11.1 Å². The normalized spacial score (nSPS) is 13.5. The molecular weight excluding hydrogens is 548 g/mol. The molecule has 0 nitrogen and oxygen atoms in total. The van der Waals surface area contributed by atoms with E-state index in [1.165, 1.54) is 68.8 Å². The molecule has 0 spiro atoms. The SMILES string of the molecule is CC(C)(C)C1=CC[C-]=C1.CC(C)(C)c1c[c-]c2c(c1)-c1cc(C(C)(C)C)ccc1C2.[CH3-].[Zr]=[CH]c1ccccc1. The minimum atomic E-state index is 0. The van der Waals surface area contributed by atoms with Gasteiger partial charge in [-0.2, -0.15) is 41.0 Å². The molecule has 0 aliphatic heterocycles. The van der Waals surface area contributed by atoms with Crippen molar-refractivity contribution in [3.05, 3.63) is 126 Å². The Bertz CT molecular complexity index is 1240. The monoisotopic (exact) mass is 593 g/mol. The summed E-state index contributed by atoms with van der Waals surface area (Å²) in [4.78, 5) is 0. The van der Waals surface area contributed by atoms with E-state index < -0.39 is 0 Å². The van der Waals surface area contributed by atoms with Crippen molar-refractivity contribution in [3.63, 3.8) is 0 Å². The van der Waals surface area contributed by atoms with Gasteiger partial charge >= 0.3 is 63.8 Å². The predicted molar refractivity (Wildman–Crippen MR) is 169 cm³/mol. The van der Waals surface area contributed by atoms with Crippen LogP contribution in [0, 0.1) is 25.0 Å². The van der Waals surface area contributed by atoms with Crippen LogP contribution in [0.4, 0.5) is 0 Å². The summed E-state index contributed by atoms with van der Waals surface area (Å²) < 4.78 is 2.17. The number of hydrogen-bond donors (Lipinski definition) is 0. The van der Waals surface area contributed by atoms with E-state index in [-0.39, 0.29) is 18.3 Å². The van der Waals surface area contributed by atoms with Gasteiger partial charge in [0.05, 0.1) is 0 Å². The fourth-order valence-electron chi connectivity index (χ4n) is 4.45. The molecule has 0 unspecified atom stereocenters. The molecule has 3 aromatic carbocycles. The molecular formula is C38H47Zr-3. The Hall–Kier alpha value is -2.11. The van der Waals surface area contributed by atoms with Gasteiger partial charge in [-0.1, -0.05) is 102 Å². The average Bonchev–Trinajstić information content (AvgIpc) is 3.52. The Kier molecular flexibility index (Phi) is 11.5. The molecule has 0 aromatic heterocycles. The first-order valence-corrected chi connectivity index (χ1v) is 15.1. The quantitative estimate of drug-likeness (QED) is 0.192. The minimum absolute atomic E-state index is 0. The Labute approximate surface area is 255 Å². The molecule has 0 saturated heterocycles. The van der Waals surface area contributed by atoms with E-state index >= 15 is 0 Å². The van der Waals surface area contributed by atoms with Crippen LogP contribution in [0.1, 0.15) is 96.6 Å². The topological polar surface area (TPSA) is 0 Å². The third-order valence-corrected chi connectivity index (χ3v) is 7.88. The molecule has 0 fully saturated rings. The zero-order valence-corrected chi connectivity index (χ0v) is 28.4. The van der Waals surface area contributed by atoms with E-state index in [2.05, 4.69) is 145 Å². The number of hydrogen-bond acceptors (Lipinski definition) is 0. The Morgan fingerprint density at radius 1 is 0.744 bits per heavy atom. The fourth-order valence-corrected chi connectivity index (χ4v) is 4.93. The van der Waals surface area contributed by atoms with Crippen molar-refractivity contribution in [2.45, 2.75) is 86.0 Å². The third kappa shape index (κ3) is 9.21. The first kappa shape index (κ1) is 33.1. The standard InChI is InChI=1S/C21H25.C9H13.C7H6.CH3.Zr/c1-20(2,3)16-9-7-14-11-15-8-10-17(21(4,5)6)13-19(15)18(14)12-16;1-9(2,3)8-6-4-5-7-8;1-7-5-3-2-4-6-7;;/h7,9-10,12-13H,11H2,1-6H3;6-7H,4H2,1-3H3;1-6H;1H3;/q2*-1;;-1;. The molecule has 0 amide bonds. The second-order valence-electron chi connectivity index (χ2n) is 13.3. The molecule has 0 N–H and O–H groups in total. The molecule has 0 atom stereocenters. The van der Waals surface area contributed by atoms with E-state index in [0.717, 1.165) is 12.8 Å². The summed E-state index contributed by atoms with van der Waals surface area (Å²) in [5.41, 5.74) is 11.8. The Morgan fingerprint density at radius 3 is 1.82 bits per heavy atom. The van der Waals surface area contributed by atoms with Crippen molar-refractivity contribution < 1.29 is 24.2 Å². The van der Waals surface area contributed by atoms with Crippen molar-refractivity contribution >= 4 is 3.71 Å². The summed E-state index contributed by atoms with van der Waals surface area (Å²) in [6, 6.07) is 25.4. The Morgan fingerprint density at radius 2 is 1.36 bits per heavy atom. The molecule has 1 heteroatoms. The van der Waals surface area contributed by atoms with E-state index in [4.69, 9.17) is 0 Å². The number of benzene rings is 3. The maximum atomic E-state index is 3.53. The fraction of sp³-hybridized carbons (Fsp3) is 0.368. The van der Waals surface area contributed by atoms with Crippen LogP contribution >= 0.6 is 0 Å². The summed E-state index contributed by atoms with van der Waals surface area (Å²) in [5, 5.41) is 0. The van der Waals surface area contributed by atoms with Gasteiger partial charge in [0.1, 0.15) is 0 Å². The number of allylic oxidation sites excluding steroid dienone is 4. The van der Waals surface area contributed by atoms with Gasteiger partial charge in [0.2, 0.25) is 0 Å². The van der Waals surface area contributed by atoms with Crippen molar-refractivity contribution in [1.29, 1.82) is 0 Å². The van der Waals surface area contributed by atoms with Crippen molar-refractivity contribution in [1.82, 2.24) is 0 Å². The van der Waals surface area contributed by atoms with Crippen LogP contribution < -0.4 is 0 Å². The van der Waals surface area contributed by atoms with Gasteiger partial charge < -0.3 is 7.43 Å². The predicted octanol–water partition coefficient (Wildman–Crippen LogP) is 10.2. The third-order valence-electron chi connectivity index (χ3n) is 7.06. The molecule has 3 aromatic rings. The number of fused-ring (bicyclic) bond motifs is 3. The van der Waals surface area contributed by atoms with E-state index in [1.807, 2.05) is 6.07 Å². The first-order valence-electron chi connectivity index (χ1n) is 13.7. The summed E-state index contributed by atoms with van der Waals surface area (Å²) in [7, 11) is 0. The molecule has 206 valence electrons. The van der Waals surface area contributed by atoms with Crippen molar-refractivity contribution in [3.8, 4) is 11.1 Å². The van der Waals surface area contributed by atoms with E-state index in [0.29, 0.717) is 5.41 Å². The molecule has 0 heterocycles. The van der Waals surface area contributed by atoms with E-state index in [9.17, 15) is 0 Å². The summed E-state index contributed by atoms with van der Waals surface area (Å²) in [6.07, 6.45) is 9.53. The van der Waals surface area contributed by atoms with Gasteiger partial charge in [0, 0.05) is 0 Å². The van der Waals surface area contributed by atoms with E-state index in [1.54, 1.807) is 0 Å². The second-order valence-corrected chi connectivity index (χ2v) is 14.1. The molecule has 0 bridgehead atoms. The van der Waals surface area contributed by atoms with Gasteiger partial charge in [-0.05, 0) is 17.4 Å². The van der Waals surface area contributed by atoms with Crippen LogP contribution in [-0.4, -0.2) is 3.71 Å². The number of rotatable bonds is 1. The van der Waals surface area contributed by atoms with Crippen molar-refractivity contribution in [2.75, 3.05) is 0 Å². The summed E-state index contributed by atoms with van der Waals surface area (Å²) in [5.74, 6) is 0. The zero-order chi connectivity index (χ0) is 28.1. The van der Waals surface area contributed by atoms with Gasteiger partial charge in [-0.25, -0.2) is 6.08 Å².